The summed E-state index contributed by atoms with van der Waals surface area (Å²) >= 11 is 0. The Morgan fingerprint density at radius 3 is 2.41 bits per heavy atom. The lowest BCUT2D eigenvalue weighted by Crippen LogP contribution is -2.59. The molecule has 1 aromatic rings. The van der Waals surface area contributed by atoms with E-state index < -0.39 is 41.7 Å². The zero-order valence-corrected chi connectivity index (χ0v) is 12.6. The van der Waals surface area contributed by atoms with Gasteiger partial charge in [-0.3, -0.25) is 0 Å². The smallest absolute Gasteiger partial charge is 0.207 e. The molecule has 1 aliphatic carbocycles. The Balaban J connectivity index is 1.84. The number of fused-ring (bicyclic) bond motifs is 1. The average Bonchev–Trinajstić information content (AvgIpc) is 2.86. The van der Waals surface area contributed by atoms with Gasteiger partial charge in [0.15, 0.2) is 5.60 Å². The summed E-state index contributed by atoms with van der Waals surface area (Å²) in [6.45, 7) is 2.98. The number of aliphatic hydroxyl groups excluding tert-OH is 2. The Hall–Kier alpha value is -1.02. The molecule has 0 spiro atoms. The minimum Gasteiger partial charge on any atom is -0.394 e. The van der Waals surface area contributed by atoms with Gasteiger partial charge in [0.1, 0.15) is 18.3 Å². The van der Waals surface area contributed by atoms with Gasteiger partial charge in [-0.25, -0.2) is 0 Å². The number of rotatable bonds is 4. The highest BCUT2D eigenvalue weighted by molar-refractivity contribution is 5.34. The highest BCUT2D eigenvalue weighted by Crippen LogP contribution is 2.70. The fourth-order valence-electron chi connectivity index (χ4n) is 3.46. The van der Waals surface area contributed by atoms with Gasteiger partial charge in [0.2, 0.25) is 5.79 Å². The molecule has 1 aliphatic heterocycles. The second-order valence-electron chi connectivity index (χ2n) is 6.58. The largest absolute Gasteiger partial charge is 0.394 e. The van der Waals surface area contributed by atoms with Crippen LogP contribution in [0.15, 0.2) is 30.3 Å². The molecule has 0 amide bonds. The molecule has 1 heterocycles. The van der Waals surface area contributed by atoms with Crippen molar-refractivity contribution in [3.63, 3.8) is 0 Å². The van der Waals surface area contributed by atoms with Gasteiger partial charge in [-0.1, -0.05) is 44.2 Å². The van der Waals surface area contributed by atoms with E-state index >= 15 is 0 Å². The van der Waals surface area contributed by atoms with Gasteiger partial charge in [-0.15, -0.1) is 0 Å². The van der Waals surface area contributed by atoms with Crippen molar-refractivity contribution in [1.29, 1.82) is 0 Å². The highest BCUT2D eigenvalue weighted by atomic mass is 16.7. The van der Waals surface area contributed by atoms with Crippen LogP contribution in [0.1, 0.15) is 19.4 Å². The van der Waals surface area contributed by atoms with E-state index in [2.05, 4.69) is 0 Å². The lowest BCUT2D eigenvalue weighted by atomic mass is 9.94. The van der Waals surface area contributed by atoms with E-state index in [-0.39, 0.29) is 6.61 Å². The van der Waals surface area contributed by atoms with Crippen molar-refractivity contribution in [3.8, 4) is 0 Å². The standard InChI is InChI=1S/C16H22O6/c1-14(2)15(19)13(21-9-10-6-4-3-5-7-10)12(18)11(8-17)22-16(14,15)20/h3-7,11-13,17-20H,8-9H2,1-2H3/t11-,12-,13+,15+,16+/m1/s1. The molecule has 122 valence electrons. The first-order valence-corrected chi connectivity index (χ1v) is 7.36. The molecule has 6 nitrogen and oxygen atoms in total. The van der Waals surface area contributed by atoms with Crippen LogP contribution in [0.25, 0.3) is 0 Å². The summed E-state index contributed by atoms with van der Waals surface area (Å²) in [5, 5.41) is 41.0. The summed E-state index contributed by atoms with van der Waals surface area (Å²) in [5.74, 6) is -1.84. The fraction of sp³-hybridized carbons (Fsp3) is 0.625. The molecule has 6 heteroatoms. The minimum atomic E-state index is -1.84. The van der Waals surface area contributed by atoms with Gasteiger partial charge >= 0.3 is 0 Å². The average molecular weight is 310 g/mol. The van der Waals surface area contributed by atoms with Crippen molar-refractivity contribution in [3.05, 3.63) is 35.9 Å². The molecule has 2 fully saturated rings. The third kappa shape index (κ3) is 1.83. The quantitative estimate of drug-likeness (QED) is 0.614. The second kappa shape index (κ2) is 4.99. The Morgan fingerprint density at radius 1 is 1.18 bits per heavy atom. The van der Waals surface area contributed by atoms with Gasteiger partial charge in [0.25, 0.3) is 0 Å². The van der Waals surface area contributed by atoms with Crippen molar-refractivity contribution in [2.75, 3.05) is 6.61 Å². The van der Waals surface area contributed by atoms with Crippen LogP contribution in [-0.2, 0) is 16.1 Å². The molecule has 2 aliphatic rings. The maximum atomic E-state index is 10.8. The normalized spacial score (nSPS) is 42.7. The second-order valence-corrected chi connectivity index (χ2v) is 6.58. The molecule has 5 atom stereocenters. The van der Waals surface area contributed by atoms with Gasteiger partial charge in [-0.2, -0.15) is 0 Å². The lowest BCUT2D eigenvalue weighted by Gasteiger charge is -2.39. The first-order chi connectivity index (χ1) is 10.3. The van der Waals surface area contributed by atoms with Gasteiger partial charge in [-0.05, 0) is 5.56 Å². The van der Waals surface area contributed by atoms with Crippen LogP contribution in [0.2, 0.25) is 0 Å². The maximum absolute atomic E-state index is 10.8. The first kappa shape index (κ1) is 15.9. The lowest BCUT2D eigenvalue weighted by molar-refractivity contribution is -0.298. The third-order valence-corrected chi connectivity index (χ3v) is 5.13. The van der Waals surface area contributed by atoms with E-state index in [4.69, 9.17) is 9.47 Å². The van der Waals surface area contributed by atoms with Crippen molar-refractivity contribution in [2.24, 2.45) is 5.41 Å². The van der Waals surface area contributed by atoms with E-state index in [0.717, 1.165) is 5.56 Å². The molecule has 0 bridgehead atoms. The van der Waals surface area contributed by atoms with Crippen LogP contribution in [0.3, 0.4) is 0 Å². The van der Waals surface area contributed by atoms with E-state index in [1.807, 2.05) is 30.3 Å². The van der Waals surface area contributed by atoms with E-state index in [1.54, 1.807) is 13.8 Å². The fourth-order valence-corrected chi connectivity index (χ4v) is 3.46. The first-order valence-electron chi connectivity index (χ1n) is 7.36. The van der Waals surface area contributed by atoms with Gasteiger partial charge < -0.3 is 29.9 Å². The number of ether oxygens (including phenoxy) is 2. The molecule has 4 N–H and O–H groups in total. The predicted molar refractivity (Wildman–Crippen MR) is 76.7 cm³/mol. The zero-order valence-electron chi connectivity index (χ0n) is 12.6. The maximum Gasteiger partial charge on any atom is 0.207 e. The molecule has 1 aromatic carbocycles. The number of hydrogen-bond donors (Lipinski definition) is 4. The van der Waals surface area contributed by atoms with Crippen LogP contribution < -0.4 is 0 Å². The van der Waals surface area contributed by atoms with Crippen molar-refractivity contribution < 1.29 is 29.9 Å². The van der Waals surface area contributed by atoms with Crippen LogP contribution in [-0.4, -0.2) is 56.7 Å². The van der Waals surface area contributed by atoms with Crippen LogP contribution in [0.4, 0.5) is 0 Å². The molecule has 0 aromatic heterocycles. The SMILES string of the molecule is CC1(C)[C@]2(O)O[C@H](CO)[C@@H](O)[C@H](OCc3ccccc3)[C@]12O. The van der Waals surface area contributed by atoms with Crippen LogP contribution >= 0.6 is 0 Å². The Bertz CT molecular complexity index is 547. The monoisotopic (exact) mass is 310 g/mol. The summed E-state index contributed by atoms with van der Waals surface area (Å²) in [4.78, 5) is 0. The summed E-state index contributed by atoms with van der Waals surface area (Å²) < 4.78 is 11.1. The van der Waals surface area contributed by atoms with E-state index in [0.29, 0.717) is 0 Å². The minimum absolute atomic E-state index is 0.176. The molecule has 0 radical (unpaired) electrons. The van der Waals surface area contributed by atoms with Gasteiger partial charge in [0, 0.05) is 0 Å². The molecule has 22 heavy (non-hydrogen) atoms. The molecular formula is C16H22O6. The van der Waals surface area contributed by atoms with Crippen LogP contribution in [0.5, 0.6) is 0 Å². The number of aliphatic hydroxyl groups is 4. The predicted octanol–water partition coefficient (Wildman–Crippen LogP) is -0.217. The zero-order chi connectivity index (χ0) is 16.2. The number of hydrogen-bond acceptors (Lipinski definition) is 6. The van der Waals surface area contributed by atoms with E-state index in [1.165, 1.54) is 0 Å². The molecular weight excluding hydrogens is 288 g/mol. The Morgan fingerprint density at radius 2 is 1.82 bits per heavy atom. The molecule has 3 rings (SSSR count). The topological polar surface area (TPSA) is 99.4 Å². The van der Waals surface area contributed by atoms with Crippen molar-refractivity contribution in [1.82, 2.24) is 0 Å². The van der Waals surface area contributed by atoms with Gasteiger partial charge in [0.05, 0.1) is 18.6 Å². The highest BCUT2D eigenvalue weighted by Gasteiger charge is 2.90. The Kier molecular flexibility index (Phi) is 3.60. The van der Waals surface area contributed by atoms with Crippen molar-refractivity contribution >= 4 is 0 Å². The summed E-state index contributed by atoms with van der Waals surface area (Å²) in [7, 11) is 0. The summed E-state index contributed by atoms with van der Waals surface area (Å²) in [5.41, 5.74) is -1.85. The summed E-state index contributed by atoms with van der Waals surface area (Å²) in [6.07, 6.45) is -3.30. The van der Waals surface area contributed by atoms with E-state index in [9.17, 15) is 20.4 Å². The summed E-state index contributed by atoms with van der Waals surface area (Å²) in [6, 6.07) is 9.33. The van der Waals surface area contributed by atoms with Crippen molar-refractivity contribution in [2.45, 2.75) is 50.2 Å². The Labute approximate surface area is 128 Å². The molecule has 1 saturated heterocycles. The number of benzene rings is 1. The molecule has 0 unspecified atom stereocenters. The third-order valence-electron chi connectivity index (χ3n) is 5.13. The molecule has 1 saturated carbocycles. The van der Waals surface area contributed by atoms with Crippen LogP contribution in [0, 0.1) is 5.41 Å².